The van der Waals surface area contributed by atoms with Gasteiger partial charge in [-0.3, -0.25) is 0 Å². The van der Waals surface area contributed by atoms with Gasteiger partial charge < -0.3 is 4.90 Å². The van der Waals surface area contributed by atoms with Gasteiger partial charge in [0, 0.05) is 30.2 Å². The van der Waals surface area contributed by atoms with E-state index in [1.165, 1.54) is 27.9 Å². The fraction of sp³-hybridized carbons (Fsp3) is 0.350. The number of aryl methyl sites for hydroxylation is 1. The Morgan fingerprint density at radius 1 is 1.19 bits per heavy atom. The van der Waals surface area contributed by atoms with Crippen LogP contribution in [0.4, 0.5) is 5.69 Å². The molecule has 0 amide bonds. The number of rotatable bonds is 2. The minimum Gasteiger partial charge on any atom is -0.378 e. The lowest BCUT2D eigenvalue weighted by atomic mass is 9.89. The van der Waals surface area contributed by atoms with Gasteiger partial charge in [-0.2, -0.15) is 0 Å². The average molecular weight is 363 g/mol. The van der Waals surface area contributed by atoms with Gasteiger partial charge in [-0.1, -0.05) is 6.92 Å². The first kappa shape index (κ1) is 15.8. The number of fused-ring (bicyclic) bond motifs is 5. The van der Waals surface area contributed by atoms with E-state index in [2.05, 4.69) is 46.2 Å². The zero-order valence-electron chi connectivity index (χ0n) is 15.2. The molecule has 0 unspecified atom stereocenters. The van der Waals surface area contributed by atoms with Gasteiger partial charge in [0.05, 0.1) is 5.39 Å². The highest BCUT2D eigenvalue weighted by Gasteiger charge is 2.23. The van der Waals surface area contributed by atoms with E-state index in [0.29, 0.717) is 0 Å². The number of anilines is 1. The van der Waals surface area contributed by atoms with Crippen LogP contribution >= 0.6 is 11.3 Å². The molecule has 0 saturated carbocycles. The van der Waals surface area contributed by atoms with Crippen molar-refractivity contribution in [3.63, 3.8) is 0 Å². The Morgan fingerprint density at radius 2 is 2.00 bits per heavy atom. The highest BCUT2D eigenvalue weighted by molar-refractivity contribution is 7.19. The molecule has 6 heteroatoms. The quantitative estimate of drug-likeness (QED) is 0.535. The third kappa shape index (κ3) is 2.40. The van der Waals surface area contributed by atoms with E-state index < -0.39 is 0 Å². The van der Waals surface area contributed by atoms with E-state index in [1.807, 2.05) is 29.9 Å². The highest BCUT2D eigenvalue weighted by Crippen LogP contribution is 2.38. The third-order valence-electron chi connectivity index (χ3n) is 5.27. The van der Waals surface area contributed by atoms with Crippen molar-refractivity contribution in [3.05, 3.63) is 41.0 Å². The van der Waals surface area contributed by atoms with Crippen molar-refractivity contribution in [2.24, 2.45) is 5.92 Å². The summed E-state index contributed by atoms with van der Waals surface area (Å²) in [6, 6.07) is 8.37. The van der Waals surface area contributed by atoms with E-state index in [1.54, 1.807) is 6.33 Å². The Labute approximate surface area is 156 Å². The second-order valence-corrected chi connectivity index (χ2v) is 8.50. The van der Waals surface area contributed by atoms with E-state index in [4.69, 9.17) is 4.98 Å². The minimum atomic E-state index is 0.724. The molecule has 0 N–H and O–H groups in total. The number of hydrogen-bond acceptors (Lipinski definition) is 5. The maximum absolute atomic E-state index is 4.90. The summed E-state index contributed by atoms with van der Waals surface area (Å²) in [5.74, 6) is 1.48. The van der Waals surface area contributed by atoms with Crippen LogP contribution in [0.25, 0.3) is 27.3 Å². The molecule has 3 aromatic heterocycles. The lowest BCUT2D eigenvalue weighted by molar-refractivity contribution is 0.508. The molecular formula is C20H21N5S. The highest BCUT2D eigenvalue weighted by atomic mass is 32.1. The van der Waals surface area contributed by atoms with Crippen LogP contribution in [0.3, 0.4) is 0 Å². The molecule has 4 aromatic rings. The van der Waals surface area contributed by atoms with E-state index in [0.717, 1.165) is 40.6 Å². The molecule has 5 nitrogen and oxygen atoms in total. The molecule has 1 aliphatic rings. The van der Waals surface area contributed by atoms with Crippen LogP contribution < -0.4 is 4.90 Å². The van der Waals surface area contributed by atoms with Crippen LogP contribution in [0.5, 0.6) is 0 Å². The predicted octanol–water partition coefficient (Wildman–Crippen LogP) is 4.20. The monoisotopic (exact) mass is 363 g/mol. The Morgan fingerprint density at radius 3 is 2.77 bits per heavy atom. The van der Waals surface area contributed by atoms with E-state index >= 15 is 0 Å². The van der Waals surface area contributed by atoms with Crippen LogP contribution in [0.15, 0.2) is 30.6 Å². The molecule has 5 rings (SSSR count). The molecule has 0 spiro atoms. The van der Waals surface area contributed by atoms with Crippen LogP contribution in [-0.2, 0) is 12.8 Å². The molecule has 1 aliphatic carbocycles. The van der Waals surface area contributed by atoms with Crippen LogP contribution in [0.1, 0.15) is 23.8 Å². The molecule has 1 atom stereocenters. The standard InChI is InChI=1S/C20H21N5S/c1-12-4-9-16-15(10-12)17-19-22-18(23-25(19)11-21-20(17)26-16)13-5-7-14(8-6-13)24(2)3/h5-8,11-12H,4,9-10H2,1-3H3/t12-/m0/s1. The van der Waals surface area contributed by atoms with Crippen molar-refractivity contribution in [1.29, 1.82) is 0 Å². The smallest absolute Gasteiger partial charge is 0.182 e. The Kier molecular flexibility index (Phi) is 3.50. The second-order valence-electron chi connectivity index (χ2n) is 7.42. The van der Waals surface area contributed by atoms with Gasteiger partial charge in [-0.25, -0.2) is 14.5 Å². The molecule has 132 valence electrons. The molecule has 0 bridgehead atoms. The molecular weight excluding hydrogens is 342 g/mol. The molecule has 0 aliphatic heterocycles. The summed E-state index contributed by atoms with van der Waals surface area (Å²) in [5.41, 5.74) is 4.59. The molecule has 0 fully saturated rings. The Balaban J connectivity index is 1.67. The summed E-state index contributed by atoms with van der Waals surface area (Å²) in [6.07, 6.45) is 5.35. The Bertz CT molecular complexity index is 1110. The SMILES string of the molecule is C[C@H]1CCc2sc3ncn4nc(-c5ccc(N(C)C)cc5)nc4c3c2C1. The number of benzene rings is 1. The summed E-state index contributed by atoms with van der Waals surface area (Å²) in [6.45, 7) is 2.33. The first-order valence-corrected chi connectivity index (χ1v) is 9.85. The Hall–Kier alpha value is -2.47. The van der Waals surface area contributed by atoms with Crippen LogP contribution in [0.2, 0.25) is 0 Å². The predicted molar refractivity (Wildman–Crippen MR) is 107 cm³/mol. The summed E-state index contributed by atoms with van der Waals surface area (Å²) < 4.78 is 1.84. The minimum absolute atomic E-state index is 0.724. The topological polar surface area (TPSA) is 46.3 Å². The van der Waals surface area contributed by atoms with Gasteiger partial charge in [-0.05, 0) is 55.0 Å². The lowest BCUT2D eigenvalue weighted by Gasteiger charge is -2.17. The number of aromatic nitrogens is 4. The number of thiophene rings is 1. The number of nitrogens with zero attached hydrogens (tertiary/aromatic N) is 5. The fourth-order valence-corrected chi connectivity index (χ4v) is 4.96. The van der Waals surface area contributed by atoms with Crippen molar-refractivity contribution in [3.8, 4) is 11.4 Å². The van der Waals surface area contributed by atoms with Gasteiger partial charge in [-0.15, -0.1) is 16.4 Å². The van der Waals surface area contributed by atoms with Gasteiger partial charge >= 0.3 is 0 Å². The number of hydrogen-bond donors (Lipinski definition) is 0. The van der Waals surface area contributed by atoms with Crippen molar-refractivity contribution >= 4 is 32.9 Å². The normalized spacial score (nSPS) is 17.0. The molecule has 26 heavy (non-hydrogen) atoms. The maximum Gasteiger partial charge on any atom is 0.182 e. The summed E-state index contributed by atoms with van der Waals surface area (Å²) >= 11 is 1.83. The second kappa shape index (κ2) is 5.77. The summed E-state index contributed by atoms with van der Waals surface area (Å²) in [7, 11) is 4.09. The van der Waals surface area contributed by atoms with E-state index in [-0.39, 0.29) is 0 Å². The van der Waals surface area contributed by atoms with Crippen LogP contribution in [-0.4, -0.2) is 33.7 Å². The average Bonchev–Trinajstić information content (AvgIpc) is 3.22. The van der Waals surface area contributed by atoms with Crippen molar-refractivity contribution in [2.45, 2.75) is 26.2 Å². The zero-order chi connectivity index (χ0) is 17.8. The molecule has 0 saturated heterocycles. The largest absolute Gasteiger partial charge is 0.378 e. The van der Waals surface area contributed by atoms with Crippen molar-refractivity contribution in [2.75, 3.05) is 19.0 Å². The fourth-order valence-electron chi connectivity index (χ4n) is 3.78. The van der Waals surface area contributed by atoms with Gasteiger partial charge in [0.1, 0.15) is 11.2 Å². The third-order valence-corrected chi connectivity index (χ3v) is 6.47. The zero-order valence-corrected chi connectivity index (χ0v) is 16.0. The molecule has 3 heterocycles. The van der Waals surface area contributed by atoms with Crippen molar-refractivity contribution in [1.82, 2.24) is 19.6 Å². The summed E-state index contributed by atoms with van der Waals surface area (Å²) in [5, 5.41) is 5.90. The molecule has 0 radical (unpaired) electrons. The first-order chi connectivity index (χ1) is 12.6. The summed E-state index contributed by atoms with van der Waals surface area (Å²) in [4.78, 5) is 14.2. The molecule has 1 aromatic carbocycles. The van der Waals surface area contributed by atoms with Crippen LogP contribution in [0, 0.1) is 5.92 Å². The maximum atomic E-state index is 4.90. The lowest BCUT2D eigenvalue weighted by Crippen LogP contribution is -2.09. The first-order valence-electron chi connectivity index (χ1n) is 9.03. The van der Waals surface area contributed by atoms with E-state index in [9.17, 15) is 0 Å². The van der Waals surface area contributed by atoms with Gasteiger partial charge in [0.2, 0.25) is 0 Å². The van der Waals surface area contributed by atoms with Gasteiger partial charge in [0.15, 0.2) is 11.5 Å². The van der Waals surface area contributed by atoms with Crippen molar-refractivity contribution < 1.29 is 0 Å². The van der Waals surface area contributed by atoms with Gasteiger partial charge in [0.25, 0.3) is 0 Å².